The van der Waals surface area contributed by atoms with E-state index in [-0.39, 0.29) is 5.54 Å². The summed E-state index contributed by atoms with van der Waals surface area (Å²) in [4.78, 5) is 2.21. The van der Waals surface area contributed by atoms with Gasteiger partial charge in [-0.3, -0.25) is 0 Å². The van der Waals surface area contributed by atoms with Gasteiger partial charge in [0.2, 0.25) is 0 Å². The van der Waals surface area contributed by atoms with E-state index in [9.17, 15) is 0 Å². The van der Waals surface area contributed by atoms with Gasteiger partial charge in [-0.15, -0.1) is 0 Å². The number of likely N-dealkylation sites (N-methyl/N-ethyl adjacent to an activating group) is 1. The van der Waals surface area contributed by atoms with Crippen LogP contribution in [0.5, 0.6) is 0 Å². The first-order valence-electron chi connectivity index (χ1n) is 6.12. The topological polar surface area (TPSA) is 41.0 Å². The molecule has 4 heteroatoms. The molecule has 0 aliphatic rings. The Morgan fingerprint density at radius 3 is 2.67 bits per heavy atom. The summed E-state index contributed by atoms with van der Waals surface area (Å²) >= 11 is 0. The average Bonchev–Trinajstić information content (AvgIpc) is 2.36. The lowest BCUT2D eigenvalue weighted by atomic mass is 10.0. The third-order valence-electron chi connectivity index (χ3n) is 3.47. The molecule has 0 atom stereocenters. The molecule has 1 N–H and O–H groups in total. The molecule has 18 heavy (non-hydrogen) atoms. The van der Waals surface area contributed by atoms with Gasteiger partial charge in [0.05, 0.1) is 17.4 Å². The second-order valence-corrected chi connectivity index (χ2v) is 5.34. The van der Waals surface area contributed by atoms with Crippen molar-refractivity contribution in [1.82, 2.24) is 15.1 Å². The normalized spacial score (nSPS) is 12.1. The summed E-state index contributed by atoms with van der Waals surface area (Å²) in [5.41, 5.74) is 2.05. The standard InChI is InChI=1S/C14H20N4/c1-14(2,18(3)4)10-15-13-9-16-17-12-8-6-5-7-11(12)13/h5-9H,10H2,1-4H3,(H,15,17). The summed E-state index contributed by atoms with van der Waals surface area (Å²) in [7, 11) is 4.18. The summed E-state index contributed by atoms with van der Waals surface area (Å²) in [5, 5.41) is 12.7. The van der Waals surface area contributed by atoms with E-state index in [1.165, 1.54) is 0 Å². The fourth-order valence-corrected chi connectivity index (χ4v) is 1.62. The molecular weight excluding hydrogens is 224 g/mol. The molecule has 0 radical (unpaired) electrons. The number of benzene rings is 1. The fraction of sp³-hybridized carbons (Fsp3) is 0.429. The van der Waals surface area contributed by atoms with E-state index in [0.29, 0.717) is 0 Å². The number of hydrogen-bond donors (Lipinski definition) is 1. The van der Waals surface area contributed by atoms with Gasteiger partial charge in [0, 0.05) is 17.5 Å². The minimum absolute atomic E-state index is 0.0877. The fourth-order valence-electron chi connectivity index (χ4n) is 1.62. The number of rotatable bonds is 4. The zero-order valence-electron chi connectivity index (χ0n) is 11.4. The summed E-state index contributed by atoms with van der Waals surface area (Å²) in [5.74, 6) is 0. The molecule has 1 heterocycles. The van der Waals surface area contributed by atoms with Crippen LogP contribution in [0.25, 0.3) is 10.9 Å². The van der Waals surface area contributed by atoms with Crippen LogP contribution in [0, 0.1) is 0 Å². The van der Waals surface area contributed by atoms with E-state index < -0.39 is 0 Å². The molecule has 2 aromatic rings. The maximum atomic E-state index is 4.12. The van der Waals surface area contributed by atoms with Gasteiger partial charge in [-0.2, -0.15) is 10.2 Å². The van der Waals surface area contributed by atoms with Gasteiger partial charge >= 0.3 is 0 Å². The Hall–Kier alpha value is -1.68. The number of hydrogen-bond acceptors (Lipinski definition) is 4. The number of nitrogens with one attached hydrogen (secondary N) is 1. The third kappa shape index (κ3) is 2.59. The Morgan fingerprint density at radius 2 is 1.94 bits per heavy atom. The first-order valence-corrected chi connectivity index (χ1v) is 6.12. The molecule has 1 aromatic carbocycles. The van der Waals surface area contributed by atoms with Crippen molar-refractivity contribution in [3.63, 3.8) is 0 Å². The van der Waals surface area contributed by atoms with Crippen LogP contribution < -0.4 is 5.32 Å². The molecule has 1 aromatic heterocycles. The van der Waals surface area contributed by atoms with Gasteiger partial charge in [-0.1, -0.05) is 18.2 Å². The van der Waals surface area contributed by atoms with Crippen LogP contribution in [0.1, 0.15) is 13.8 Å². The summed E-state index contributed by atoms with van der Waals surface area (Å²) < 4.78 is 0. The maximum absolute atomic E-state index is 4.12. The van der Waals surface area contributed by atoms with Crippen LogP contribution in [-0.4, -0.2) is 41.3 Å². The molecule has 2 rings (SSSR count). The molecule has 0 spiro atoms. The second kappa shape index (κ2) is 4.90. The third-order valence-corrected chi connectivity index (χ3v) is 3.47. The van der Waals surface area contributed by atoms with Crippen LogP contribution >= 0.6 is 0 Å². The molecule has 0 bridgehead atoms. The Balaban J connectivity index is 2.22. The van der Waals surface area contributed by atoms with E-state index in [4.69, 9.17) is 0 Å². The van der Waals surface area contributed by atoms with Crippen LogP contribution in [0.15, 0.2) is 30.5 Å². The number of anilines is 1. The molecule has 0 saturated heterocycles. The van der Waals surface area contributed by atoms with Crippen LogP contribution in [0.2, 0.25) is 0 Å². The molecule has 0 saturated carbocycles. The van der Waals surface area contributed by atoms with Gasteiger partial charge in [0.1, 0.15) is 0 Å². The van der Waals surface area contributed by atoms with Crippen LogP contribution in [-0.2, 0) is 0 Å². The Kier molecular flexibility index (Phi) is 3.48. The summed E-state index contributed by atoms with van der Waals surface area (Å²) in [6.45, 7) is 5.27. The first-order chi connectivity index (χ1) is 8.50. The van der Waals surface area contributed by atoms with Crippen molar-refractivity contribution in [2.24, 2.45) is 0 Å². The number of fused-ring (bicyclic) bond motifs is 1. The zero-order chi connectivity index (χ0) is 13.2. The lowest BCUT2D eigenvalue weighted by Crippen LogP contribution is -2.44. The highest BCUT2D eigenvalue weighted by atomic mass is 15.2. The minimum atomic E-state index is 0.0877. The Labute approximate surface area is 108 Å². The highest BCUT2D eigenvalue weighted by Gasteiger charge is 2.20. The maximum Gasteiger partial charge on any atom is 0.0950 e. The van der Waals surface area contributed by atoms with Gasteiger partial charge in [0.15, 0.2) is 0 Å². The molecule has 0 aliphatic heterocycles. The van der Waals surface area contributed by atoms with Crippen molar-refractivity contribution in [1.29, 1.82) is 0 Å². The van der Waals surface area contributed by atoms with Gasteiger partial charge < -0.3 is 10.2 Å². The Bertz CT molecular complexity index is 529. The van der Waals surface area contributed by atoms with Crippen molar-refractivity contribution < 1.29 is 0 Å². The molecule has 96 valence electrons. The molecule has 0 aliphatic carbocycles. The van der Waals surface area contributed by atoms with E-state index in [0.717, 1.165) is 23.1 Å². The van der Waals surface area contributed by atoms with Crippen LogP contribution in [0.3, 0.4) is 0 Å². The minimum Gasteiger partial charge on any atom is -0.381 e. The molecule has 0 fully saturated rings. The number of aromatic nitrogens is 2. The smallest absolute Gasteiger partial charge is 0.0950 e. The Morgan fingerprint density at radius 1 is 1.22 bits per heavy atom. The predicted octanol–water partition coefficient (Wildman–Crippen LogP) is 2.38. The molecule has 0 amide bonds. The highest BCUT2D eigenvalue weighted by molar-refractivity contribution is 5.90. The van der Waals surface area contributed by atoms with Crippen molar-refractivity contribution in [3.05, 3.63) is 30.5 Å². The molecule has 0 unspecified atom stereocenters. The van der Waals surface area contributed by atoms with E-state index in [1.807, 2.05) is 18.2 Å². The van der Waals surface area contributed by atoms with Gasteiger partial charge in [-0.05, 0) is 34.0 Å². The number of nitrogens with zero attached hydrogens (tertiary/aromatic N) is 3. The van der Waals surface area contributed by atoms with E-state index in [1.54, 1.807) is 6.20 Å². The highest BCUT2D eigenvalue weighted by Crippen LogP contribution is 2.21. The summed E-state index contributed by atoms with van der Waals surface area (Å²) in [6.07, 6.45) is 1.79. The van der Waals surface area contributed by atoms with Crippen molar-refractivity contribution >= 4 is 16.6 Å². The second-order valence-electron chi connectivity index (χ2n) is 5.34. The quantitative estimate of drug-likeness (QED) is 0.896. The zero-order valence-corrected chi connectivity index (χ0v) is 11.4. The van der Waals surface area contributed by atoms with Crippen molar-refractivity contribution in [3.8, 4) is 0 Å². The van der Waals surface area contributed by atoms with E-state index >= 15 is 0 Å². The molecule has 4 nitrogen and oxygen atoms in total. The average molecular weight is 244 g/mol. The summed E-state index contributed by atoms with van der Waals surface area (Å²) in [6, 6.07) is 8.04. The van der Waals surface area contributed by atoms with Crippen molar-refractivity contribution in [2.75, 3.05) is 26.0 Å². The van der Waals surface area contributed by atoms with Gasteiger partial charge in [-0.25, -0.2) is 0 Å². The monoisotopic (exact) mass is 244 g/mol. The lowest BCUT2D eigenvalue weighted by molar-refractivity contribution is 0.210. The lowest BCUT2D eigenvalue weighted by Gasteiger charge is -2.33. The van der Waals surface area contributed by atoms with Crippen molar-refractivity contribution in [2.45, 2.75) is 19.4 Å². The largest absolute Gasteiger partial charge is 0.381 e. The first kappa shape index (κ1) is 12.8. The van der Waals surface area contributed by atoms with E-state index in [2.05, 4.69) is 54.4 Å². The van der Waals surface area contributed by atoms with Crippen LogP contribution in [0.4, 0.5) is 5.69 Å². The van der Waals surface area contributed by atoms with Gasteiger partial charge in [0.25, 0.3) is 0 Å². The SMILES string of the molecule is CN(C)C(C)(C)CNc1cnnc2ccccc12. The predicted molar refractivity (Wildman–Crippen MR) is 75.8 cm³/mol. The molecular formula is C14H20N4.